The highest BCUT2D eigenvalue weighted by atomic mass is 16.5. The van der Waals surface area contributed by atoms with Crippen LogP contribution in [-0.4, -0.2) is 25.1 Å². The maximum atomic E-state index is 12.0. The van der Waals surface area contributed by atoms with Crippen molar-refractivity contribution in [2.75, 3.05) is 18.5 Å². The lowest BCUT2D eigenvalue weighted by Gasteiger charge is -2.07. The van der Waals surface area contributed by atoms with Gasteiger partial charge in [0.15, 0.2) is 0 Å². The lowest BCUT2D eigenvalue weighted by molar-refractivity contribution is -0.137. The van der Waals surface area contributed by atoms with Crippen molar-refractivity contribution < 1.29 is 19.1 Å². The van der Waals surface area contributed by atoms with Crippen LogP contribution in [0.1, 0.15) is 114 Å². The van der Waals surface area contributed by atoms with Crippen molar-refractivity contribution in [1.29, 1.82) is 0 Å². The van der Waals surface area contributed by atoms with Crippen LogP contribution in [0, 0.1) is 0 Å². The van der Waals surface area contributed by atoms with E-state index in [2.05, 4.69) is 12.2 Å². The third-order valence-corrected chi connectivity index (χ3v) is 5.65. The molecule has 0 bridgehead atoms. The van der Waals surface area contributed by atoms with Crippen molar-refractivity contribution in [3.8, 4) is 0 Å². The van der Waals surface area contributed by atoms with Crippen LogP contribution in [-0.2, 0) is 14.3 Å². The summed E-state index contributed by atoms with van der Waals surface area (Å²) in [5.41, 5.74) is 1.42. The van der Waals surface area contributed by atoms with Crippen molar-refractivity contribution >= 4 is 17.6 Å². The Morgan fingerprint density at radius 1 is 0.758 bits per heavy atom. The topological polar surface area (TPSA) is 64.6 Å². The summed E-state index contributed by atoms with van der Waals surface area (Å²) >= 11 is 0. The van der Waals surface area contributed by atoms with E-state index in [0.29, 0.717) is 5.56 Å². The molecular weight excluding hydrogens is 414 g/mol. The smallest absolute Gasteiger partial charge is 0.342 e. The number of carbonyl (C=O) groups excluding carboxylic acids is 2. The minimum Gasteiger partial charge on any atom is -0.463 e. The van der Waals surface area contributed by atoms with Crippen LogP contribution in [0.15, 0.2) is 36.6 Å². The first-order valence-electron chi connectivity index (χ1n) is 13.1. The molecule has 1 aromatic rings. The van der Waals surface area contributed by atoms with E-state index >= 15 is 0 Å². The van der Waals surface area contributed by atoms with Gasteiger partial charge in [-0.1, -0.05) is 90.4 Å². The van der Waals surface area contributed by atoms with Crippen LogP contribution < -0.4 is 5.32 Å². The molecule has 0 radical (unpaired) electrons. The van der Waals surface area contributed by atoms with Crippen LogP contribution in [0.3, 0.4) is 0 Å². The molecule has 0 aliphatic rings. The van der Waals surface area contributed by atoms with E-state index in [4.69, 9.17) is 9.47 Å². The normalized spacial score (nSPS) is 11.0. The lowest BCUT2D eigenvalue weighted by atomic mass is 10.0. The fourth-order valence-corrected chi connectivity index (χ4v) is 3.69. The Balaban J connectivity index is 2.00. The van der Waals surface area contributed by atoms with E-state index in [0.717, 1.165) is 31.0 Å². The van der Waals surface area contributed by atoms with Crippen molar-refractivity contribution in [3.63, 3.8) is 0 Å². The summed E-state index contributed by atoms with van der Waals surface area (Å²) in [7, 11) is 0. The van der Waals surface area contributed by atoms with Gasteiger partial charge in [-0.3, -0.25) is 0 Å². The molecule has 186 valence electrons. The molecule has 0 saturated heterocycles. The van der Waals surface area contributed by atoms with E-state index in [-0.39, 0.29) is 6.61 Å². The second kappa shape index (κ2) is 20.3. The number of esters is 2. The summed E-state index contributed by atoms with van der Waals surface area (Å²) < 4.78 is 9.66. The zero-order chi connectivity index (χ0) is 24.0. The fraction of sp³-hybridized carbons (Fsp3) is 0.643. The van der Waals surface area contributed by atoms with Gasteiger partial charge >= 0.3 is 11.9 Å². The molecule has 0 saturated carbocycles. The quantitative estimate of drug-likeness (QED) is 0.0932. The van der Waals surface area contributed by atoms with Gasteiger partial charge in [-0.05, 0) is 37.6 Å². The van der Waals surface area contributed by atoms with Crippen LogP contribution in [0.4, 0.5) is 5.69 Å². The maximum Gasteiger partial charge on any atom is 0.342 e. The molecule has 1 rings (SSSR count). The first-order valence-corrected chi connectivity index (χ1v) is 13.1. The van der Waals surface area contributed by atoms with E-state index in [1.54, 1.807) is 19.1 Å². The summed E-state index contributed by atoms with van der Waals surface area (Å²) in [4.78, 5) is 23.1. The van der Waals surface area contributed by atoms with E-state index < -0.39 is 11.9 Å². The Morgan fingerprint density at radius 2 is 1.27 bits per heavy atom. The highest BCUT2D eigenvalue weighted by Crippen LogP contribution is 2.14. The maximum absolute atomic E-state index is 12.0. The second-order valence-corrected chi connectivity index (χ2v) is 8.56. The van der Waals surface area contributed by atoms with Gasteiger partial charge < -0.3 is 14.8 Å². The number of carbonyl (C=O) groups is 2. The number of hydrogen-bond donors (Lipinski definition) is 1. The molecule has 0 atom stereocenters. The third kappa shape index (κ3) is 16.0. The highest BCUT2D eigenvalue weighted by Gasteiger charge is 2.06. The monoisotopic (exact) mass is 459 g/mol. The average molecular weight is 460 g/mol. The Kier molecular flexibility index (Phi) is 17.7. The Morgan fingerprint density at radius 3 is 1.79 bits per heavy atom. The molecule has 0 aliphatic carbocycles. The van der Waals surface area contributed by atoms with Crippen molar-refractivity contribution in [1.82, 2.24) is 0 Å². The third-order valence-electron chi connectivity index (χ3n) is 5.65. The minimum absolute atomic E-state index is 0.283. The Labute approximate surface area is 201 Å². The Bertz CT molecular complexity index is 654. The van der Waals surface area contributed by atoms with Crippen molar-refractivity contribution in [2.45, 2.75) is 104 Å². The molecule has 0 unspecified atom stereocenters. The molecule has 1 N–H and O–H groups in total. The summed E-state index contributed by atoms with van der Waals surface area (Å²) in [6.45, 7) is 5.21. The van der Waals surface area contributed by atoms with Crippen molar-refractivity contribution in [2.24, 2.45) is 0 Å². The predicted octanol–water partition coefficient (Wildman–Crippen LogP) is 7.81. The number of rotatable bonds is 20. The summed E-state index contributed by atoms with van der Waals surface area (Å²) in [6.07, 6.45) is 21.2. The van der Waals surface area contributed by atoms with Crippen LogP contribution in [0.5, 0.6) is 0 Å². The largest absolute Gasteiger partial charge is 0.463 e. The number of anilines is 1. The SMILES string of the molecule is CCCCCCCCCCCCCCCCNc1ccc(C(=O)O/C=C/C(=O)OCC)cc1. The molecule has 5 nitrogen and oxygen atoms in total. The van der Waals surface area contributed by atoms with Crippen LogP contribution in [0.2, 0.25) is 0 Å². The van der Waals surface area contributed by atoms with Gasteiger partial charge in [0.1, 0.15) is 6.26 Å². The number of unbranched alkanes of at least 4 members (excludes halogenated alkanes) is 13. The molecule has 33 heavy (non-hydrogen) atoms. The Hall–Kier alpha value is -2.30. The summed E-state index contributed by atoms with van der Waals surface area (Å²) in [5, 5.41) is 3.40. The average Bonchev–Trinajstić information content (AvgIpc) is 2.82. The minimum atomic E-state index is -0.534. The molecule has 0 fully saturated rings. The zero-order valence-corrected chi connectivity index (χ0v) is 20.9. The molecule has 0 spiro atoms. The van der Waals surface area contributed by atoms with Gasteiger partial charge in [-0.2, -0.15) is 0 Å². The summed E-state index contributed by atoms with van der Waals surface area (Å²) in [5.74, 6) is -1.04. The molecule has 5 heteroatoms. The molecule has 0 aliphatic heterocycles. The predicted molar refractivity (Wildman–Crippen MR) is 136 cm³/mol. The van der Waals surface area contributed by atoms with Gasteiger partial charge in [-0.15, -0.1) is 0 Å². The molecule has 0 heterocycles. The zero-order valence-electron chi connectivity index (χ0n) is 20.9. The van der Waals surface area contributed by atoms with Crippen LogP contribution >= 0.6 is 0 Å². The molecular formula is C28H45NO4. The van der Waals surface area contributed by atoms with Gasteiger partial charge in [0, 0.05) is 12.2 Å². The molecule has 0 aromatic heterocycles. The number of benzene rings is 1. The van der Waals surface area contributed by atoms with Crippen LogP contribution in [0.25, 0.3) is 0 Å². The standard InChI is InChI=1S/C28H45NO4/c1-3-5-6-7-8-9-10-11-12-13-14-15-16-17-23-29-26-20-18-25(19-21-26)28(31)33-24-22-27(30)32-4-2/h18-22,24,29H,3-17,23H2,1-2H3/b24-22+. The number of ether oxygens (including phenoxy) is 2. The number of nitrogens with one attached hydrogen (secondary N) is 1. The molecule has 1 aromatic carbocycles. The fourth-order valence-electron chi connectivity index (χ4n) is 3.69. The van der Waals surface area contributed by atoms with Crippen molar-refractivity contribution in [3.05, 3.63) is 42.2 Å². The second-order valence-electron chi connectivity index (χ2n) is 8.56. The first-order chi connectivity index (χ1) is 16.2. The summed E-state index contributed by atoms with van der Waals surface area (Å²) in [6, 6.07) is 7.17. The van der Waals surface area contributed by atoms with Gasteiger partial charge in [0.2, 0.25) is 0 Å². The van der Waals surface area contributed by atoms with Gasteiger partial charge in [0.05, 0.1) is 18.2 Å². The number of hydrogen-bond acceptors (Lipinski definition) is 5. The van der Waals surface area contributed by atoms with E-state index in [9.17, 15) is 9.59 Å². The van der Waals surface area contributed by atoms with E-state index in [1.807, 2.05) is 12.1 Å². The van der Waals surface area contributed by atoms with Gasteiger partial charge in [-0.25, -0.2) is 9.59 Å². The molecule has 0 amide bonds. The van der Waals surface area contributed by atoms with E-state index in [1.165, 1.54) is 83.5 Å². The van der Waals surface area contributed by atoms with Gasteiger partial charge in [0.25, 0.3) is 0 Å². The first kappa shape index (κ1) is 28.7. The lowest BCUT2D eigenvalue weighted by Crippen LogP contribution is -2.04. The highest BCUT2D eigenvalue weighted by molar-refractivity contribution is 5.90.